The summed E-state index contributed by atoms with van der Waals surface area (Å²) in [7, 11) is 1.26. The molecule has 1 rings (SSSR count). The van der Waals surface area contributed by atoms with Gasteiger partial charge in [-0.05, 0) is 24.6 Å². The van der Waals surface area contributed by atoms with Gasteiger partial charge in [-0.15, -0.1) is 0 Å². The first kappa shape index (κ1) is 16.3. The summed E-state index contributed by atoms with van der Waals surface area (Å²) in [5.74, 6) is -0.561. The molecule has 0 saturated carbocycles. The molecule has 0 aromatic heterocycles. The normalized spacial score (nSPS) is 12.9. The van der Waals surface area contributed by atoms with Crippen molar-refractivity contribution in [3.8, 4) is 5.75 Å². The number of benzene rings is 1. The van der Waals surface area contributed by atoms with Crippen molar-refractivity contribution in [2.75, 3.05) is 13.7 Å². The minimum absolute atomic E-state index is 0.0413. The van der Waals surface area contributed by atoms with E-state index in [-0.39, 0.29) is 18.8 Å². The number of alkyl halides is 3. The molecule has 1 atom stereocenters. The van der Waals surface area contributed by atoms with Gasteiger partial charge in [-0.2, -0.15) is 13.2 Å². The Morgan fingerprint density at radius 2 is 2.05 bits per heavy atom. The van der Waals surface area contributed by atoms with Crippen molar-refractivity contribution >= 4 is 5.97 Å². The second-order valence-electron chi connectivity index (χ2n) is 4.09. The Labute approximate surface area is 114 Å². The van der Waals surface area contributed by atoms with Crippen LogP contribution in [0.25, 0.3) is 0 Å². The van der Waals surface area contributed by atoms with Crippen molar-refractivity contribution in [3.05, 3.63) is 29.3 Å². The number of ether oxygens (including phenoxy) is 2. The predicted molar refractivity (Wildman–Crippen MR) is 66.3 cm³/mol. The second kappa shape index (κ2) is 6.60. The number of hydrogen-bond acceptors (Lipinski definition) is 4. The van der Waals surface area contributed by atoms with E-state index in [0.717, 1.165) is 12.1 Å². The van der Waals surface area contributed by atoms with E-state index < -0.39 is 23.8 Å². The highest BCUT2D eigenvalue weighted by Crippen LogP contribution is 2.33. The first-order valence-electron chi connectivity index (χ1n) is 5.96. The van der Waals surface area contributed by atoms with Crippen LogP contribution in [0.4, 0.5) is 13.2 Å². The van der Waals surface area contributed by atoms with Crippen LogP contribution >= 0.6 is 0 Å². The van der Waals surface area contributed by atoms with Gasteiger partial charge in [0.05, 0.1) is 19.3 Å². The van der Waals surface area contributed by atoms with Crippen LogP contribution in [0.2, 0.25) is 0 Å². The molecule has 20 heavy (non-hydrogen) atoms. The van der Waals surface area contributed by atoms with E-state index in [1.54, 1.807) is 6.92 Å². The van der Waals surface area contributed by atoms with Crippen LogP contribution in [0.15, 0.2) is 18.2 Å². The van der Waals surface area contributed by atoms with Crippen LogP contribution in [-0.4, -0.2) is 25.7 Å². The fourth-order valence-electron chi connectivity index (χ4n) is 1.66. The Balaban J connectivity index is 2.93. The number of halogens is 3. The zero-order valence-corrected chi connectivity index (χ0v) is 11.2. The fourth-order valence-corrected chi connectivity index (χ4v) is 1.66. The lowest BCUT2D eigenvalue weighted by Crippen LogP contribution is -2.34. The van der Waals surface area contributed by atoms with Crippen molar-refractivity contribution in [1.29, 1.82) is 0 Å². The van der Waals surface area contributed by atoms with Gasteiger partial charge in [0.2, 0.25) is 0 Å². The lowest BCUT2D eigenvalue weighted by Gasteiger charge is -2.15. The van der Waals surface area contributed by atoms with Gasteiger partial charge >= 0.3 is 12.1 Å². The first-order valence-corrected chi connectivity index (χ1v) is 5.96. The zero-order valence-electron chi connectivity index (χ0n) is 11.2. The van der Waals surface area contributed by atoms with Gasteiger partial charge in [-0.25, -0.2) is 0 Å². The zero-order chi connectivity index (χ0) is 15.3. The van der Waals surface area contributed by atoms with Crippen LogP contribution in [-0.2, 0) is 22.1 Å². The molecule has 0 aliphatic carbocycles. The highest BCUT2D eigenvalue weighted by molar-refractivity contribution is 5.76. The predicted octanol–water partition coefficient (Wildman–Crippen LogP) is 2.15. The molecule has 112 valence electrons. The Kier molecular flexibility index (Phi) is 5.38. The number of nitrogens with two attached hydrogens (primary N) is 1. The molecule has 0 amide bonds. The van der Waals surface area contributed by atoms with E-state index in [9.17, 15) is 18.0 Å². The molecular formula is C13H16F3NO3. The van der Waals surface area contributed by atoms with Gasteiger partial charge in [0.1, 0.15) is 11.8 Å². The molecule has 0 aliphatic rings. The Bertz CT molecular complexity index is 474. The summed E-state index contributed by atoms with van der Waals surface area (Å²) < 4.78 is 47.4. The van der Waals surface area contributed by atoms with Crippen LogP contribution in [0.1, 0.15) is 18.1 Å². The maximum atomic E-state index is 12.6. The molecule has 0 bridgehead atoms. The molecule has 0 saturated heterocycles. The van der Waals surface area contributed by atoms with E-state index in [4.69, 9.17) is 15.2 Å². The molecule has 7 heteroatoms. The summed E-state index contributed by atoms with van der Waals surface area (Å²) >= 11 is 0. The first-order chi connectivity index (χ1) is 9.29. The standard InChI is InChI=1S/C13H16F3NO3/c1-3-20-12(18)10(17)6-8-4-5-9(13(14,15)16)7-11(8)19-2/h4-5,7,10H,3,6,17H2,1-2H3. The molecule has 1 aromatic rings. The average Bonchev–Trinajstić information content (AvgIpc) is 2.38. The Morgan fingerprint density at radius 1 is 1.40 bits per heavy atom. The van der Waals surface area contributed by atoms with Crippen molar-refractivity contribution in [2.45, 2.75) is 25.6 Å². The topological polar surface area (TPSA) is 61.5 Å². The Morgan fingerprint density at radius 3 is 2.55 bits per heavy atom. The van der Waals surface area contributed by atoms with E-state index in [0.29, 0.717) is 5.56 Å². The lowest BCUT2D eigenvalue weighted by atomic mass is 10.0. The third-order valence-electron chi connectivity index (χ3n) is 2.64. The highest BCUT2D eigenvalue weighted by atomic mass is 19.4. The van der Waals surface area contributed by atoms with Crippen molar-refractivity contribution < 1.29 is 27.4 Å². The highest BCUT2D eigenvalue weighted by Gasteiger charge is 2.31. The number of carbonyl (C=O) groups is 1. The summed E-state index contributed by atoms with van der Waals surface area (Å²) in [6.45, 7) is 1.83. The minimum atomic E-state index is -4.45. The molecule has 4 nitrogen and oxygen atoms in total. The molecular weight excluding hydrogens is 275 g/mol. The molecule has 0 spiro atoms. The van der Waals surface area contributed by atoms with Crippen LogP contribution in [0.3, 0.4) is 0 Å². The van der Waals surface area contributed by atoms with Gasteiger partial charge in [-0.1, -0.05) is 6.07 Å². The number of methoxy groups -OCH3 is 1. The monoisotopic (exact) mass is 291 g/mol. The van der Waals surface area contributed by atoms with Crippen LogP contribution < -0.4 is 10.5 Å². The number of hydrogen-bond donors (Lipinski definition) is 1. The van der Waals surface area contributed by atoms with Gasteiger partial charge in [0.15, 0.2) is 0 Å². The smallest absolute Gasteiger partial charge is 0.416 e. The van der Waals surface area contributed by atoms with E-state index in [1.807, 2.05) is 0 Å². The van der Waals surface area contributed by atoms with Gasteiger partial charge in [0, 0.05) is 6.42 Å². The largest absolute Gasteiger partial charge is 0.496 e. The third kappa shape index (κ3) is 4.12. The molecule has 0 fully saturated rings. The summed E-state index contributed by atoms with van der Waals surface area (Å²) in [6.07, 6.45) is -4.41. The third-order valence-corrected chi connectivity index (χ3v) is 2.64. The molecule has 0 radical (unpaired) electrons. The lowest BCUT2D eigenvalue weighted by molar-refractivity contribution is -0.144. The van der Waals surface area contributed by atoms with Crippen molar-refractivity contribution in [1.82, 2.24) is 0 Å². The SMILES string of the molecule is CCOC(=O)C(N)Cc1ccc(C(F)(F)F)cc1OC. The minimum Gasteiger partial charge on any atom is -0.496 e. The van der Waals surface area contributed by atoms with Crippen LogP contribution in [0, 0.1) is 0 Å². The van der Waals surface area contributed by atoms with E-state index in [2.05, 4.69) is 0 Å². The summed E-state index contributed by atoms with van der Waals surface area (Å²) in [6, 6.07) is 2.12. The quantitative estimate of drug-likeness (QED) is 0.844. The van der Waals surface area contributed by atoms with E-state index >= 15 is 0 Å². The molecule has 2 N–H and O–H groups in total. The van der Waals surface area contributed by atoms with Crippen LogP contribution in [0.5, 0.6) is 5.75 Å². The fraction of sp³-hybridized carbons (Fsp3) is 0.462. The van der Waals surface area contributed by atoms with E-state index in [1.165, 1.54) is 13.2 Å². The average molecular weight is 291 g/mol. The van der Waals surface area contributed by atoms with Gasteiger partial charge < -0.3 is 15.2 Å². The summed E-state index contributed by atoms with van der Waals surface area (Å²) in [5.41, 5.74) is 5.23. The van der Waals surface area contributed by atoms with Gasteiger partial charge in [-0.3, -0.25) is 4.79 Å². The summed E-state index contributed by atoms with van der Waals surface area (Å²) in [5, 5.41) is 0. The molecule has 1 unspecified atom stereocenters. The maximum Gasteiger partial charge on any atom is 0.416 e. The molecule has 1 aromatic carbocycles. The number of carbonyl (C=O) groups excluding carboxylic acids is 1. The number of esters is 1. The maximum absolute atomic E-state index is 12.6. The second-order valence-corrected chi connectivity index (χ2v) is 4.09. The van der Waals surface area contributed by atoms with Crippen molar-refractivity contribution in [2.24, 2.45) is 5.73 Å². The summed E-state index contributed by atoms with van der Waals surface area (Å²) in [4.78, 5) is 11.4. The number of rotatable bonds is 5. The Hall–Kier alpha value is -1.76. The molecule has 0 aliphatic heterocycles. The molecule has 0 heterocycles. The van der Waals surface area contributed by atoms with Gasteiger partial charge in [0.25, 0.3) is 0 Å². The van der Waals surface area contributed by atoms with Crippen molar-refractivity contribution in [3.63, 3.8) is 0 Å².